The Bertz CT molecular complexity index is 2020. The first-order chi connectivity index (χ1) is 27.7. The largest absolute Gasteiger partial charge is 0.507 e. The van der Waals surface area contributed by atoms with Gasteiger partial charge in [-0.2, -0.15) is 0 Å². The zero-order chi connectivity index (χ0) is 41.7. The fourth-order valence-corrected chi connectivity index (χ4v) is 6.95. The molecule has 0 radical (unpaired) electrons. The van der Waals surface area contributed by atoms with E-state index >= 15 is 0 Å². The SMILES string of the molecule is CC(C)OC(=O)C1OC(=O)COc2c3cccc2Cc2cc(C=O)cc(c2O)Cc2cccc(c2OCC(=O)O[C@H]1C(=O)OC(C)C)Cc1cc(C=O)cc(c1O)C3. The molecule has 1 unspecified atom stereocenters. The van der Waals surface area contributed by atoms with Crippen molar-refractivity contribution in [1.29, 1.82) is 0 Å². The highest BCUT2D eigenvalue weighted by Gasteiger charge is 2.43. The van der Waals surface area contributed by atoms with E-state index in [0.717, 1.165) is 0 Å². The average molecular weight is 795 g/mol. The molecule has 0 spiro atoms. The maximum Gasteiger partial charge on any atom is 0.352 e. The van der Waals surface area contributed by atoms with Crippen LogP contribution in [0.5, 0.6) is 23.0 Å². The first kappa shape index (κ1) is 40.9. The molecule has 10 bridgehead atoms. The second kappa shape index (κ2) is 17.6. The number of hydrogen-bond donors (Lipinski definition) is 2. The smallest absolute Gasteiger partial charge is 0.352 e. The van der Waals surface area contributed by atoms with Crippen molar-refractivity contribution in [2.75, 3.05) is 13.2 Å². The van der Waals surface area contributed by atoms with Crippen LogP contribution in [-0.2, 0) is 63.8 Å². The third-order valence-electron chi connectivity index (χ3n) is 9.36. The molecule has 7 rings (SSSR count). The average Bonchev–Trinajstić information content (AvgIpc) is 3.17. The van der Waals surface area contributed by atoms with Crippen LogP contribution in [0, 0.1) is 0 Å². The lowest BCUT2D eigenvalue weighted by atomic mass is 9.90. The van der Waals surface area contributed by atoms with Crippen molar-refractivity contribution < 1.29 is 67.4 Å². The fraction of sp³-hybridized carbons (Fsp3) is 0.318. The van der Waals surface area contributed by atoms with E-state index in [2.05, 4.69) is 0 Å². The van der Waals surface area contributed by atoms with Crippen molar-refractivity contribution in [2.24, 2.45) is 0 Å². The van der Waals surface area contributed by atoms with Crippen LogP contribution in [0.1, 0.15) is 92.9 Å². The molecular formula is C44H42O14. The van der Waals surface area contributed by atoms with Gasteiger partial charge in [-0.15, -0.1) is 0 Å². The Balaban J connectivity index is 1.61. The Morgan fingerprint density at radius 3 is 1.17 bits per heavy atom. The van der Waals surface area contributed by atoms with Crippen molar-refractivity contribution >= 4 is 36.4 Å². The van der Waals surface area contributed by atoms with Gasteiger partial charge in [0.05, 0.1) is 12.2 Å². The van der Waals surface area contributed by atoms with Gasteiger partial charge in [0.2, 0.25) is 12.2 Å². The van der Waals surface area contributed by atoms with Crippen LogP contribution in [0.2, 0.25) is 0 Å². The molecule has 4 aromatic rings. The minimum Gasteiger partial charge on any atom is -0.507 e. The van der Waals surface area contributed by atoms with Crippen LogP contribution >= 0.6 is 0 Å². The van der Waals surface area contributed by atoms with E-state index in [1.54, 1.807) is 36.4 Å². The van der Waals surface area contributed by atoms with Gasteiger partial charge in [0.1, 0.15) is 35.6 Å². The summed E-state index contributed by atoms with van der Waals surface area (Å²) >= 11 is 0. The third kappa shape index (κ3) is 9.28. The maximum absolute atomic E-state index is 13.7. The quantitative estimate of drug-likeness (QED) is 0.102. The van der Waals surface area contributed by atoms with E-state index in [4.69, 9.17) is 28.4 Å². The van der Waals surface area contributed by atoms with Gasteiger partial charge in [-0.05, 0) is 96.5 Å². The molecule has 4 aromatic carbocycles. The number of ether oxygens (including phenoxy) is 6. The van der Waals surface area contributed by atoms with E-state index in [9.17, 15) is 39.0 Å². The lowest BCUT2D eigenvalue weighted by Gasteiger charge is -2.26. The van der Waals surface area contributed by atoms with Crippen LogP contribution in [0.15, 0.2) is 60.7 Å². The molecule has 0 saturated heterocycles. The van der Waals surface area contributed by atoms with E-state index in [0.29, 0.717) is 57.1 Å². The fourth-order valence-electron chi connectivity index (χ4n) is 6.95. The summed E-state index contributed by atoms with van der Waals surface area (Å²) in [6.07, 6.45) is -4.48. The first-order valence-corrected chi connectivity index (χ1v) is 18.6. The lowest BCUT2D eigenvalue weighted by molar-refractivity contribution is -0.195. The molecular weight excluding hydrogens is 752 g/mol. The van der Waals surface area contributed by atoms with Crippen molar-refractivity contribution in [3.05, 3.63) is 116 Å². The van der Waals surface area contributed by atoms with Crippen LogP contribution in [-0.4, -0.2) is 84.3 Å². The Labute approximate surface area is 333 Å². The number of hydrogen-bond acceptors (Lipinski definition) is 14. The number of fused-ring (bicyclic) bond motifs is 9. The number of benzene rings is 4. The van der Waals surface area contributed by atoms with Crippen molar-refractivity contribution in [1.82, 2.24) is 0 Å². The zero-order valence-corrected chi connectivity index (χ0v) is 32.3. The second-order valence-electron chi connectivity index (χ2n) is 14.5. The minimum atomic E-state index is -2.13. The number of aromatic hydroxyl groups is 2. The Morgan fingerprint density at radius 2 is 0.897 bits per heavy atom. The molecule has 14 nitrogen and oxygen atoms in total. The van der Waals surface area contributed by atoms with Crippen molar-refractivity contribution in [2.45, 2.75) is 77.8 Å². The van der Waals surface area contributed by atoms with Gasteiger partial charge in [-0.3, -0.25) is 9.59 Å². The predicted octanol–water partition coefficient (Wildman–Crippen LogP) is 4.90. The number of rotatable bonds is 6. The molecule has 302 valence electrons. The number of carbonyl (C=O) groups excluding carboxylic acids is 6. The first-order valence-electron chi connectivity index (χ1n) is 18.6. The number of phenols is 2. The topological polar surface area (TPSA) is 198 Å². The highest BCUT2D eigenvalue weighted by molar-refractivity contribution is 5.90. The van der Waals surface area contributed by atoms with Crippen LogP contribution in [0.25, 0.3) is 0 Å². The minimum absolute atomic E-state index is 0.0114. The highest BCUT2D eigenvalue weighted by atomic mass is 16.7. The van der Waals surface area contributed by atoms with E-state index in [1.807, 2.05) is 0 Å². The maximum atomic E-state index is 13.7. The molecule has 3 aliphatic rings. The van der Waals surface area contributed by atoms with Gasteiger partial charge >= 0.3 is 23.9 Å². The van der Waals surface area contributed by atoms with E-state index < -0.39 is 61.5 Å². The molecule has 0 saturated carbocycles. The molecule has 2 atom stereocenters. The Hall–Kier alpha value is -6.70. The Kier molecular flexibility index (Phi) is 12.4. The molecule has 2 aliphatic heterocycles. The van der Waals surface area contributed by atoms with Crippen LogP contribution < -0.4 is 9.47 Å². The molecule has 2 N–H and O–H groups in total. The molecule has 0 fully saturated rings. The van der Waals surface area contributed by atoms with Gasteiger partial charge in [0.25, 0.3) is 0 Å². The van der Waals surface area contributed by atoms with Crippen molar-refractivity contribution in [3.63, 3.8) is 0 Å². The molecule has 14 heteroatoms. The monoisotopic (exact) mass is 794 g/mol. The lowest BCUT2D eigenvalue weighted by Crippen LogP contribution is -2.49. The molecule has 58 heavy (non-hydrogen) atoms. The predicted molar refractivity (Wildman–Crippen MR) is 204 cm³/mol. The molecule has 1 aliphatic carbocycles. The Morgan fingerprint density at radius 1 is 0.586 bits per heavy atom. The highest BCUT2D eigenvalue weighted by Crippen LogP contribution is 2.39. The number of esters is 4. The summed E-state index contributed by atoms with van der Waals surface area (Å²) in [7, 11) is 0. The summed E-state index contributed by atoms with van der Waals surface area (Å²) < 4.78 is 34.0. The summed E-state index contributed by atoms with van der Waals surface area (Å²) in [5.74, 6) is -4.73. The zero-order valence-electron chi connectivity index (χ0n) is 32.3. The third-order valence-corrected chi connectivity index (χ3v) is 9.36. The van der Waals surface area contributed by atoms with Crippen molar-refractivity contribution in [3.8, 4) is 23.0 Å². The number of para-hydroxylation sites is 2. The van der Waals surface area contributed by atoms with Gasteiger partial charge < -0.3 is 38.6 Å². The summed E-state index contributed by atoms with van der Waals surface area (Å²) in [4.78, 5) is 78.7. The summed E-state index contributed by atoms with van der Waals surface area (Å²) in [6.45, 7) is 4.42. The van der Waals surface area contributed by atoms with E-state index in [1.165, 1.54) is 52.0 Å². The molecule has 0 aromatic heterocycles. The normalized spacial score (nSPS) is 16.9. The van der Waals surface area contributed by atoms with Crippen LogP contribution in [0.3, 0.4) is 0 Å². The number of aldehydes is 2. The summed E-state index contributed by atoms with van der Waals surface area (Å²) in [5, 5.41) is 23.5. The van der Waals surface area contributed by atoms with Gasteiger partial charge in [0.15, 0.2) is 13.2 Å². The molecule has 2 heterocycles. The van der Waals surface area contributed by atoms with Crippen LogP contribution in [0.4, 0.5) is 0 Å². The van der Waals surface area contributed by atoms with E-state index in [-0.39, 0.29) is 59.8 Å². The number of carbonyl (C=O) groups is 6. The molecule has 0 amide bonds. The summed E-state index contributed by atoms with van der Waals surface area (Å²) in [6, 6.07) is 16.3. The van der Waals surface area contributed by atoms with Gasteiger partial charge in [-0.1, -0.05) is 36.4 Å². The standard InChI is InChI=1S/C44H42O14/c1-23(2)55-43(51)41-42(44(52)56-24(3)4)58-36(48)22-54-40-29-9-6-10-30(40)18-34-14-26(20-46)12-32(38(34)50)16-28-8-5-7-27(39(28)53-21-35(47)57-41)15-31-11-25(19-45)13-33(17-29)37(31)49/h5-14,19-20,23-24,41-42,49-50H,15-18,21-22H2,1-4H3/t41-,42?/m1/s1. The van der Waals surface area contributed by atoms with Gasteiger partial charge in [-0.25, -0.2) is 19.2 Å². The number of phenolic OH excluding ortho intramolecular Hbond substituents is 2. The second-order valence-corrected chi connectivity index (χ2v) is 14.5. The summed E-state index contributed by atoms with van der Waals surface area (Å²) in [5.41, 5.74) is 3.66. The van der Waals surface area contributed by atoms with Gasteiger partial charge in [0, 0.05) is 36.8 Å².